The largest absolute Gasteiger partial charge is 0.371 e. The lowest BCUT2D eigenvalue weighted by molar-refractivity contribution is -0.169. The summed E-state index contributed by atoms with van der Waals surface area (Å²) in [5.74, 6) is 0.804. The molecule has 0 radical (unpaired) electrons. The van der Waals surface area contributed by atoms with Crippen molar-refractivity contribution in [3.8, 4) is 0 Å². The van der Waals surface area contributed by atoms with Crippen molar-refractivity contribution in [3.63, 3.8) is 0 Å². The van der Waals surface area contributed by atoms with Crippen molar-refractivity contribution in [1.29, 1.82) is 0 Å². The minimum absolute atomic E-state index is 0.0877. The molecule has 3 fully saturated rings. The third-order valence-corrected chi connectivity index (χ3v) is 6.66. The number of hydrogen-bond donors (Lipinski definition) is 0. The number of carbonyl (C=O) groups excluding carboxylic acids is 2. The fourth-order valence-electron chi connectivity index (χ4n) is 4.91. The van der Waals surface area contributed by atoms with Gasteiger partial charge in [0.05, 0.1) is 19.7 Å². The maximum absolute atomic E-state index is 12.9. The zero-order valence-corrected chi connectivity index (χ0v) is 16.4. The van der Waals surface area contributed by atoms with Gasteiger partial charge < -0.3 is 19.1 Å². The number of benzene rings is 1. The van der Waals surface area contributed by atoms with Gasteiger partial charge >= 0.3 is 0 Å². The molecule has 6 heteroatoms. The number of ether oxygens (including phenoxy) is 1. The highest BCUT2D eigenvalue weighted by Gasteiger charge is 2.48. The number of aromatic nitrogens is 1. The van der Waals surface area contributed by atoms with Crippen molar-refractivity contribution < 1.29 is 14.3 Å². The molecular weight excluding hydrogens is 354 g/mol. The first-order valence-electron chi connectivity index (χ1n) is 10.3. The van der Waals surface area contributed by atoms with Gasteiger partial charge in [0.2, 0.25) is 5.91 Å². The molecule has 0 bridgehead atoms. The number of aryl methyl sites for hydroxylation is 1. The second-order valence-corrected chi connectivity index (χ2v) is 8.70. The fourth-order valence-corrected chi connectivity index (χ4v) is 4.91. The van der Waals surface area contributed by atoms with Gasteiger partial charge in [-0.15, -0.1) is 0 Å². The lowest BCUT2D eigenvalue weighted by Gasteiger charge is -2.53. The summed E-state index contributed by atoms with van der Waals surface area (Å²) in [7, 11) is 2.01. The first-order valence-corrected chi connectivity index (χ1v) is 10.3. The van der Waals surface area contributed by atoms with Crippen molar-refractivity contribution >= 4 is 22.7 Å². The second-order valence-electron chi connectivity index (χ2n) is 8.70. The molecule has 2 aromatic rings. The van der Waals surface area contributed by atoms with Crippen LogP contribution in [0.25, 0.3) is 10.9 Å². The quantitative estimate of drug-likeness (QED) is 0.821. The number of carbonyl (C=O) groups is 2. The summed E-state index contributed by atoms with van der Waals surface area (Å²) in [6.45, 7) is 3.77. The molecule has 2 amide bonds. The maximum Gasteiger partial charge on any atom is 0.254 e. The van der Waals surface area contributed by atoms with Crippen LogP contribution in [0.2, 0.25) is 0 Å². The first kappa shape index (κ1) is 17.7. The van der Waals surface area contributed by atoms with Gasteiger partial charge in [-0.25, -0.2) is 0 Å². The Kier molecular flexibility index (Phi) is 4.19. The molecule has 0 unspecified atom stereocenters. The summed E-state index contributed by atoms with van der Waals surface area (Å²) in [5, 5.41) is 1.09. The number of fused-ring (bicyclic) bond motifs is 1. The number of rotatable bonds is 3. The Labute approximate surface area is 165 Å². The highest BCUT2D eigenvalue weighted by atomic mass is 16.5. The molecule has 1 atom stereocenters. The maximum atomic E-state index is 12.9. The van der Waals surface area contributed by atoms with Crippen LogP contribution in [0.4, 0.5) is 0 Å². The zero-order valence-electron chi connectivity index (χ0n) is 16.4. The van der Waals surface area contributed by atoms with Crippen LogP contribution in [0.15, 0.2) is 30.5 Å². The van der Waals surface area contributed by atoms with Crippen molar-refractivity contribution in [1.82, 2.24) is 14.4 Å². The fraction of sp³-hybridized carbons (Fsp3) is 0.545. The van der Waals surface area contributed by atoms with Gasteiger partial charge in [0.15, 0.2) is 0 Å². The van der Waals surface area contributed by atoms with E-state index in [1.165, 1.54) is 0 Å². The molecule has 3 aliphatic heterocycles. The van der Waals surface area contributed by atoms with E-state index in [4.69, 9.17) is 4.74 Å². The molecule has 3 aliphatic rings. The average Bonchev–Trinajstić information content (AvgIpc) is 3.25. The molecular formula is C22H27N3O3. The van der Waals surface area contributed by atoms with E-state index >= 15 is 0 Å². The summed E-state index contributed by atoms with van der Waals surface area (Å²) in [5.41, 5.74) is 1.71. The molecule has 4 heterocycles. The lowest BCUT2D eigenvalue weighted by Crippen LogP contribution is -2.66. The van der Waals surface area contributed by atoms with E-state index in [1.54, 1.807) is 0 Å². The van der Waals surface area contributed by atoms with Crippen LogP contribution in [0.3, 0.4) is 0 Å². The van der Waals surface area contributed by atoms with Crippen LogP contribution in [0.1, 0.15) is 36.0 Å². The minimum Gasteiger partial charge on any atom is -0.371 e. The van der Waals surface area contributed by atoms with Gasteiger partial charge in [0.1, 0.15) is 5.60 Å². The zero-order chi connectivity index (χ0) is 19.3. The molecule has 1 spiro atoms. The predicted molar refractivity (Wildman–Crippen MR) is 106 cm³/mol. The van der Waals surface area contributed by atoms with E-state index in [-0.39, 0.29) is 17.4 Å². The number of amides is 2. The Balaban J connectivity index is 1.16. The van der Waals surface area contributed by atoms with Gasteiger partial charge in [0, 0.05) is 55.1 Å². The summed E-state index contributed by atoms with van der Waals surface area (Å²) in [6.07, 6.45) is 5.74. The van der Waals surface area contributed by atoms with Crippen LogP contribution < -0.4 is 0 Å². The van der Waals surface area contributed by atoms with Crippen molar-refractivity contribution in [2.24, 2.45) is 13.0 Å². The molecule has 1 aromatic carbocycles. The van der Waals surface area contributed by atoms with Gasteiger partial charge in [-0.2, -0.15) is 0 Å². The molecule has 28 heavy (non-hydrogen) atoms. The van der Waals surface area contributed by atoms with Crippen LogP contribution in [-0.4, -0.2) is 64.6 Å². The van der Waals surface area contributed by atoms with Gasteiger partial charge in [0.25, 0.3) is 5.91 Å². The second kappa shape index (κ2) is 6.62. The van der Waals surface area contributed by atoms with Gasteiger partial charge in [-0.3, -0.25) is 9.59 Å². The monoisotopic (exact) mass is 381 g/mol. The molecule has 0 aliphatic carbocycles. The molecule has 6 nitrogen and oxygen atoms in total. The van der Waals surface area contributed by atoms with Crippen LogP contribution >= 0.6 is 0 Å². The number of nitrogens with zero attached hydrogens (tertiary/aromatic N) is 3. The highest BCUT2D eigenvalue weighted by Crippen LogP contribution is 2.37. The Morgan fingerprint density at radius 3 is 2.86 bits per heavy atom. The van der Waals surface area contributed by atoms with Crippen LogP contribution in [-0.2, 0) is 16.6 Å². The summed E-state index contributed by atoms with van der Waals surface area (Å²) < 4.78 is 8.27. The van der Waals surface area contributed by atoms with Crippen molar-refractivity contribution in [2.45, 2.75) is 31.3 Å². The van der Waals surface area contributed by atoms with Crippen LogP contribution in [0.5, 0.6) is 0 Å². The Hall–Kier alpha value is -2.34. The molecule has 5 rings (SSSR count). The summed E-state index contributed by atoms with van der Waals surface area (Å²) in [6, 6.07) is 7.95. The molecule has 3 saturated heterocycles. The lowest BCUT2D eigenvalue weighted by atomic mass is 9.82. The van der Waals surface area contributed by atoms with Gasteiger partial charge in [-0.05, 0) is 43.5 Å². The van der Waals surface area contributed by atoms with E-state index in [0.717, 1.165) is 48.8 Å². The Morgan fingerprint density at radius 1 is 1.29 bits per heavy atom. The Bertz CT molecular complexity index is 918. The number of likely N-dealkylation sites (tertiary alicyclic amines) is 2. The van der Waals surface area contributed by atoms with Crippen LogP contribution in [0, 0.1) is 5.92 Å². The minimum atomic E-state index is -0.169. The van der Waals surface area contributed by atoms with Gasteiger partial charge in [-0.1, -0.05) is 0 Å². The Morgan fingerprint density at radius 2 is 2.14 bits per heavy atom. The SMILES string of the molecule is Cn1ccc2cc(C(=O)N3CC4(CC[C@H](CN5CCCC5=O)CO4)C3)ccc21. The summed E-state index contributed by atoms with van der Waals surface area (Å²) >= 11 is 0. The topological polar surface area (TPSA) is 54.8 Å². The molecule has 148 valence electrons. The van der Waals surface area contributed by atoms with E-state index in [9.17, 15) is 9.59 Å². The molecule has 0 saturated carbocycles. The van der Waals surface area contributed by atoms with E-state index in [0.29, 0.717) is 32.0 Å². The third-order valence-electron chi connectivity index (χ3n) is 6.66. The summed E-state index contributed by atoms with van der Waals surface area (Å²) in [4.78, 5) is 28.6. The highest BCUT2D eigenvalue weighted by molar-refractivity contribution is 5.98. The van der Waals surface area contributed by atoms with E-state index < -0.39 is 0 Å². The third kappa shape index (κ3) is 3.00. The molecule has 1 aromatic heterocycles. The molecule has 0 N–H and O–H groups in total. The average molecular weight is 381 g/mol. The first-order chi connectivity index (χ1) is 13.5. The number of hydrogen-bond acceptors (Lipinski definition) is 3. The predicted octanol–water partition coefficient (Wildman–Crippen LogP) is 2.42. The van der Waals surface area contributed by atoms with E-state index in [1.807, 2.05) is 47.3 Å². The standard InChI is InChI=1S/C22H27N3O3/c1-23-10-7-17-11-18(4-5-19(17)23)21(27)25-14-22(15-25)8-6-16(13-28-22)12-24-9-2-3-20(24)26/h4-5,7,10-11,16H,2-3,6,8-9,12-15H2,1H3/t16-/m1/s1. The van der Waals surface area contributed by atoms with Crippen molar-refractivity contribution in [3.05, 3.63) is 36.0 Å². The van der Waals surface area contributed by atoms with E-state index in [2.05, 4.69) is 4.57 Å². The smallest absolute Gasteiger partial charge is 0.254 e. The normalized spacial score (nSPS) is 24.2. The van der Waals surface area contributed by atoms with Crippen molar-refractivity contribution in [2.75, 3.05) is 32.8 Å².